The molecule has 1 aliphatic rings. The predicted molar refractivity (Wildman–Crippen MR) is 64.5 cm³/mol. The van der Waals surface area contributed by atoms with Crippen molar-refractivity contribution in [3.05, 3.63) is 20.8 Å². The first-order valence-electron chi connectivity index (χ1n) is 5.11. The van der Waals surface area contributed by atoms with Crippen LogP contribution >= 0.6 is 27.3 Å². The highest BCUT2D eigenvalue weighted by Gasteiger charge is 2.20. The monoisotopic (exact) mass is 288 g/mol. The van der Waals surface area contributed by atoms with Gasteiger partial charge in [-0.1, -0.05) is 12.8 Å². The van der Waals surface area contributed by atoms with Crippen LogP contribution in [0.3, 0.4) is 0 Å². The predicted octanol–water partition coefficient (Wildman–Crippen LogP) is 3.51. The van der Waals surface area contributed by atoms with E-state index in [0.29, 0.717) is 0 Å². The average Bonchev–Trinajstić information content (AvgIpc) is 2.94. The lowest BCUT2D eigenvalue weighted by Gasteiger charge is -2.01. The van der Waals surface area contributed by atoms with Crippen molar-refractivity contribution in [2.75, 3.05) is 13.2 Å². The third-order valence-electron chi connectivity index (χ3n) is 2.47. The van der Waals surface area contributed by atoms with Gasteiger partial charge in [0.1, 0.15) is 6.61 Å². The minimum Gasteiger partial charge on any atom is -0.373 e. The fourth-order valence-corrected chi connectivity index (χ4v) is 2.90. The van der Waals surface area contributed by atoms with Gasteiger partial charge in [0.15, 0.2) is 5.78 Å². The van der Waals surface area contributed by atoms with E-state index in [9.17, 15) is 4.79 Å². The number of halogens is 1. The summed E-state index contributed by atoms with van der Waals surface area (Å²) in [6.07, 6.45) is 3.79. The molecule has 0 aliphatic heterocycles. The summed E-state index contributed by atoms with van der Waals surface area (Å²) in [7, 11) is 0. The molecule has 0 amide bonds. The maximum absolute atomic E-state index is 11.6. The summed E-state index contributed by atoms with van der Waals surface area (Å²) in [6, 6.07) is 1.89. The lowest BCUT2D eigenvalue weighted by molar-refractivity contribution is 0.0752. The first-order valence-corrected chi connectivity index (χ1v) is 6.78. The Morgan fingerprint density at radius 2 is 2.40 bits per heavy atom. The van der Waals surface area contributed by atoms with Crippen molar-refractivity contribution in [1.82, 2.24) is 0 Å². The van der Waals surface area contributed by atoms with Crippen LogP contribution in [0.15, 0.2) is 15.9 Å². The molecule has 15 heavy (non-hydrogen) atoms. The molecule has 1 aliphatic carbocycles. The topological polar surface area (TPSA) is 26.3 Å². The lowest BCUT2D eigenvalue weighted by Crippen LogP contribution is -2.09. The van der Waals surface area contributed by atoms with E-state index in [0.717, 1.165) is 28.3 Å². The van der Waals surface area contributed by atoms with Gasteiger partial charge in [0, 0.05) is 11.1 Å². The Morgan fingerprint density at radius 3 is 3.00 bits per heavy atom. The largest absolute Gasteiger partial charge is 0.373 e. The molecule has 0 saturated heterocycles. The van der Waals surface area contributed by atoms with E-state index in [-0.39, 0.29) is 12.4 Å². The van der Waals surface area contributed by atoms with Crippen LogP contribution in [0.25, 0.3) is 0 Å². The molecule has 0 atom stereocenters. The Morgan fingerprint density at radius 1 is 1.60 bits per heavy atom. The van der Waals surface area contributed by atoms with Crippen molar-refractivity contribution in [1.29, 1.82) is 0 Å². The zero-order valence-corrected chi connectivity index (χ0v) is 10.8. The van der Waals surface area contributed by atoms with Gasteiger partial charge in [-0.3, -0.25) is 4.79 Å². The highest BCUT2D eigenvalue weighted by Crippen LogP contribution is 2.32. The van der Waals surface area contributed by atoms with Gasteiger partial charge in [0.25, 0.3) is 0 Å². The fourth-order valence-electron chi connectivity index (χ4n) is 1.38. The van der Waals surface area contributed by atoms with E-state index in [1.54, 1.807) is 0 Å². The van der Waals surface area contributed by atoms with Gasteiger partial charge in [-0.05, 0) is 39.7 Å². The summed E-state index contributed by atoms with van der Waals surface area (Å²) in [6.45, 7) is 0.936. The summed E-state index contributed by atoms with van der Waals surface area (Å²) < 4.78 is 6.24. The van der Waals surface area contributed by atoms with E-state index in [4.69, 9.17) is 4.74 Å². The number of Topliss-reactive ketones (excluding diaryl/α,β-unsaturated/α-hetero) is 1. The molecule has 1 saturated carbocycles. The average molecular weight is 289 g/mol. The molecular formula is C11H13BrO2S. The summed E-state index contributed by atoms with van der Waals surface area (Å²) in [5.41, 5.74) is 0. The molecule has 2 rings (SSSR count). The van der Waals surface area contributed by atoms with E-state index < -0.39 is 0 Å². The normalized spacial score (nSPS) is 15.5. The second-order valence-corrected chi connectivity index (χ2v) is 5.58. The maximum atomic E-state index is 11.6. The minimum absolute atomic E-state index is 0.0765. The van der Waals surface area contributed by atoms with Crippen LogP contribution in [-0.4, -0.2) is 19.0 Å². The van der Waals surface area contributed by atoms with Gasteiger partial charge in [-0.25, -0.2) is 0 Å². The third-order valence-corrected chi connectivity index (χ3v) is 4.35. The van der Waals surface area contributed by atoms with E-state index in [1.807, 2.05) is 11.4 Å². The molecule has 0 radical (unpaired) electrons. The van der Waals surface area contributed by atoms with Crippen LogP contribution in [0.2, 0.25) is 0 Å². The highest BCUT2D eigenvalue weighted by molar-refractivity contribution is 9.10. The second kappa shape index (κ2) is 5.23. The molecule has 0 N–H and O–H groups in total. The van der Waals surface area contributed by atoms with Crippen molar-refractivity contribution < 1.29 is 9.53 Å². The van der Waals surface area contributed by atoms with Crippen LogP contribution in [0, 0.1) is 5.92 Å². The van der Waals surface area contributed by atoms with Gasteiger partial charge in [-0.2, -0.15) is 0 Å². The zero-order valence-electron chi connectivity index (χ0n) is 8.37. The molecule has 2 nitrogen and oxygen atoms in total. The van der Waals surface area contributed by atoms with Crippen molar-refractivity contribution >= 4 is 33.0 Å². The van der Waals surface area contributed by atoms with Crippen LogP contribution < -0.4 is 0 Å². The fraction of sp³-hybridized carbons (Fsp3) is 0.545. The molecule has 0 bridgehead atoms. The Hall–Kier alpha value is -0.190. The number of ketones is 1. The molecule has 0 spiro atoms. The van der Waals surface area contributed by atoms with Crippen LogP contribution in [0.1, 0.15) is 28.9 Å². The van der Waals surface area contributed by atoms with Crippen LogP contribution in [-0.2, 0) is 4.74 Å². The maximum Gasteiger partial charge on any atom is 0.199 e. The quantitative estimate of drug-likeness (QED) is 0.591. The zero-order chi connectivity index (χ0) is 10.7. The third kappa shape index (κ3) is 3.40. The number of rotatable bonds is 6. The van der Waals surface area contributed by atoms with Crippen LogP contribution in [0.5, 0.6) is 0 Å². The van der Waals surface area contributed by atoms with Gasteiger partial charge in [0.05, 0.1) is 4.88 Å². The Labute approximate surface area is 102 Å². The van der Waals surface area contributed by atoms with Crippen molar-refractivity contribution in [3.63, 3.8) is 0 Å². The van der Waals surface area contributed by atoms with Crippen molar-refractivity contribution in [3.8, 4) is 0 Å². The van der Waals surface area contributed by atoms with Crippen LogP contribution in [0.4, 0.5) is 0 Å². The number of carbonyl (C=O) groups is 1. The molecule has 1 aromatic heterocycles. The first kappa shape index (κ1) is 11.3. The molecule has 1 aromatic rings. The highest BCUT2D eigenvalue weighted by atomic mass is 79.9. The Bertz CT molecular complexity index is 344. The Kier molecular flexibility index (Phi) is 3.94. The van der Waals surface area contributed by atoms with Gasteiger partial charge in [0.2, 0.25) is 0 Å². The number of ether oxygens (including phenoxy) is 1. The van der Waals surface area contributed by atoms with E-state index >= 15 is 0 Å². The van der Waals surface area contributed by atoms with Gasteiger partial charge < -0.3 is 4.74 Å². The molecule has 1 heterocycles. The summed E-state index contributed by atoms with van der Waals surface area (Å²) in [5.74, 6) is 0.946. The van der Waals surface area contributed by atoms with Crippen molar-refractivity contribution in [2.45, 2.75) is 19.3 Å². The van der Waals surface area contributed by atoms with E-state index in [1.165, 1.54) is 24.2 Å². The standard InChI is InChI=1S/C11H13BrO2S/c12-9-4-6-15-11(9)10(13)7-14-5-3-8-1-2-8/h4,6,8H,1-3,5,7H2. The van der Waals surface area contributed by atoms with Gasteiger partial charge in [-0.15, -0.1) is 11.3 Å². The van der Waals surface area contributed by atoms with E-state index in [2.05, 4.69) is 15.9 Å². The molecule has 0 aromatic carbocycles. The smallest absolute Gasteiger partial charge is 0.199 e. The molecule has 1 fully saturated rings. The number of carbonyl (C=O) groups excluding carboxylic acids is 1. The molecule has 82 valence electrons. The molecule has 4 heteroatoms. The minimum atomic E-state index is 0.0765. The summed E-state index contributed by atoms with van der Waals surface area (Å²) >= 11 is 4.80. The number of hydrogen-bond donors (Lipinski definition) is 0. The summed E-state index contributed by atoms with van der Waals surface area (Å²) in [5, 5.41) is 1.90. The van der Waals surface area contributed by atoms with Gasteiger partial charge >= 0.3 is 0 Å². The Balaban J connectivity index is 1.69. The first-order chi connectivity index (χ1) is 7.27. The SMILES string of the molecule is O=C(COCCC1CC1)c1sccc1Br. The second-order valence-electron chi connectivity index (χ2n) is 3.81. The number of hydrogen-bond acceptors (Lipinski definition) is 3. The van der Waals surface area contributed by atoms with Crippen molar-refractivity contribution in [2.24, 2.45) is 5.92 Å². The lowest BCUT2D eigenvalue weighted by atomic mass is 10.3. The number of thiophene rings is 1. The molecular weight excluding hydrogens is 276 g/mol. The molecule has 0 unspecified atom stereocenters. The summed E-state index contributed by atoms with van der Waals surface area (Å²) in [4.78, 5) is 12.4.